The van der Waals surface area contributed by atoms with Crippen molar-refractivity contribution in [3.8, 4) is 0 Å². The Balaban J connectivity index is 1.67. The molecule has 0 radical (unpaired) electrons. The number of rotatable bonds is 4. The van der Waals surface area contributed by atoms with Crippen LogP contribution in [0.1, 0.15) is 66.2 Å². The lowest BCUT2D eigenvalue weighted by Crippen LogP contribution is -2.39. The summed E-state index contributed by atoms with van der Waals surface area (Å²) in [6.45, 7) is 13.7. The lowest BCUT2D eigenvalue weighted by atomic mass is 9.76. The molecule has 0 bridgehead atoms. The first-order valence-corrected chi connectivity index (χ1v) is 8.78. The molecule has 0 atom stereocenters. The molecular weight excluding hydrogens is 230 g/mol. The molecule has 0 aromatic heterocycles. The molecule has 0 aromatic carbocycles. The summed E-state index contributed by atoms with van der Waals surface area (Å²) in [6, 6.07) is 0. The van der Waals surface area contributed by atoms with Crippen LogP contribution in [-0.4, -0.2) is 24.5 Å². The van der Waals surface area contributed by atoms with Gasteiger partial charge < -0.3 is 4.90 Å². The SMILES string of the molecule is CC(C)C1CCC(CN2CCC(C(C)C)CC2)CC1. The summed E-state index contributed by atoms with van der Waals surface area (Å²) in [6.07, 6.45) is 8.85. The second-order valence-electron chi connectivity index (χ2n) is 7.91. The molecule has 1 saturated heterocycles. The third-order valence-corrected chi connectivity index (χ3v) is 5.93. The Bertz CT molecular complexity index is 216. The van der Waals surface area contributed by atoms with Crippen molar-refractivity contribution in [3.63, 3.8) is 0 Å². The molecule has 0 unspecified atom stereocenters. The summed E-state index contributed by atoms with van der Waals surface area (Å²) in [7, 11) is 0. The van der Waals surface area contributed by atoms with E-state index >= 15 is 0 Å². The van der Waals surface area contributed by atoms with Crippen molar-refractivity contribution in [1.29, 1.82) is 0 Å². The molecule has 112 valence electrons. The van der Waals surface area contributed by atoms with Crippen molar-refractivity contribution in [3.05, 3.63) is 0 Å². The Labute approximate surface area is 121 Å². The summed E-state index contributed by atoms with van der Waals surface area (Å²) in [4.78, 5) is 2.76. The molecule has 0 N–H and O–H groups in total. The van der Waals surface area contributed by atoms with E-state index < -0.39 is 0 Å². The van der Waals surface area contributed by atoms with Gasteiger partial charge in [-0.15, -0.1) is 0 Å². The van der Waals surface area contributed by atoms with E-state index in [2.05, 4.69) is 32.6 Å². The van der Waals surface area contributed by atoms with Crippen LogP contribution in [0.5, 0.6) is 0 Å². The van der Waals surface area contributed by atoms with E-state index in [0.717, 1.165) is 29.6 Å². The van der Waals surface area contributed by atoms with E-state index in [1.54, 1.807) is 0 Å². The van der Waals surface area contributed by atoms with Crippen LogP contribution in [-0.2, 0) is 0 Å². The van der Waals surface area contributed by atoms with E-state index in [1.807, 2.05) is 0 Å². The molecule has 1 saturated carbocycles. The Kier molecular flexibility index (Phi) is 5.74. The highest BCUT2D eigenvalue weighted by Crippen LogP contribution is 2.34. The average molecular weight is 265 g/mol. The van der Waals surface area contributed by atoms with Crippen LogP contribution in [0.4, 0.5) is 0 Å². The van der Waals surface area contributed by atoms with Crippen molar-refractivity contribution in [2.75, 3.05) is 19.6 Å². The van der Waals surface area contributed by atoms with Gasteiger partial charge in [-0.2, -0.15) is 0 Å². The molecule has 1 nitrogen and oxygen atoms in total. The normalized spacial score (nSPS) is 31.3. The molecule has 1 heterocycles. The average Bonchev–Trinajstić information content (AvgIpc) is 2.40. The van der Waals surface area contributed by atoms with Crippen molar-refractivity contribution >= 4 is 0 Å². The predicted molar refractivity (Wildman–Crippen MR) is 84.3 cm³/mol. The standard InChI is InChI=1S/C18H35N/c1-14(2)17-7-5-16(6-8-17)13-19-11-9-18(10-12-19)15(3)4/h14-18H,5-13H2,1-4H3. The molecule has 0 amide bonds. The number of nitrogens with zero attached hydrogens (tertiary/aromatic N) is 1. The third-order valence-electron chi connectivity index (χ3n) is 5.93. The minimum atomic E-state index is 0.892. The molecule has 2 rings (SSSR count). The van der Waals surface area contributed by atoms with Crippen LogP contribution in [0.25, 0.3) is 0 Å². The highest BCUT2D eigenvalue weighted by Gasteiger charge is 2.27. The first-order valence-electron chi connectivity index (χ1n) is 8.78. The van der Waals surface area contributed by atoms with Crippen molar-refractivity contribution in [2.45, 2.75) is 66.2 Å². The summed E-state index contributed by atoms with van der Waals surface area (Å²) in [5, 5.41) is 0. The van der Waals surface area contributed by atoms with Crippen LogP contribution in [0.15, 0.2) is 0 Å². The van der Waals surface area contributed by atoms with Gasteiger partial charge >= 0.3 is 0 Å². The van der Waals surface area contributed by atoms with Crippen molar-refractivity contribution < 1.29 is 0 Å². The maximum absolute atomic E-state index is 2.76. The van der Waals surface area contributed by atoms with Crippen LogP contribution in [0.2, 0.25) is 0 Å². The molecule has 0 spiro atoms. The van der Waals surface area contributed by atoms with Gasteiger partial charge in [-0.05, 0) is 81.2 Å². The predicted octanol–water partition coefficient (Wildman–Crippen LogP) is 4.82. The van der Waals surface area contributed by atoms with Gasteiger partial charge in [0.1, 0.15) is 0 Å². The largest absolute Gasteiger partial charge is 0.303 e. The molecule has 2 fully saturated rings. The van der Waals surface area contributed by atoms with Gasteiger partial charge in [-0.1, -0.05) is 27.7 Å². The third kappa shape index (κ3) is 4.48. The van der Waals surface area contributed by atoms with E-state index in [1.165, 1.54) is 58.2 Å². The highest BCUT2D eigenvalue weighted by atomic mass is 15.1. The number of likely N-dealkylation sites (tertiary alicyclic amines) is 1. The fourth-order valence-corrected chi connectivity index (χ4v) is 4.20. The second-order valence-corrected chi connectivity index (χ2v) is 7.91. The van der Waals surface area contributed by atoms with E-state index in [0.29, 0.717) is 0 Å². The van der Waals surface area contributed by atoms with Gasteiger partial charge in [0, 0.05) is 6.54 Å². The van der Waals surface area contributed by atoms with Crippen molar-refractivity contribution in [1.82, 2.24) is 4.90 Å². The first-order chi connectivity index (χ1) is 9.06. The fourth-order valence-electron chi connectivity index (χ4n) is 4.20. The lowest BCUT2D eigenvalue weighted by Gasteiger charge is -2.38. The van der Waals surface area contributed by atoms with Gasteiger partial charge in [0.05, 0.1) is 0 Å². The minimum absolute atomic E-state index is 0.892. The summed E-state index contributed by atoms with van der Waals surface area (Å²) in [5.41, 5.74) is 0. The summed E-state index contributed by atoms with van der Waals surface area (Å²) in [5.74, 6) is 4.81. The van der Waals surface area contributed by atoms with Crippen molar-refractivity contribution in [2.24, 2.45) is 29.6 Å². The number of hydrogen-bond acceptors (Lipinski definition) is 1. The Morgan fingerprint density at radius 2 is 1.21 bits per heavy atom. The maximum Gasteiger partial charge on any atom is 0.000966 e. The molecule has 2 aliphatic rings. The monoisotopic (exact) mass is 265 g/mol. The van der Waals surface area contributed by atoms with Gasteiger partial charge in [0.2, 0.25) is 0 Å². The molecule has 1 heteroatoms. The molecule has 1 aliphatic heterocycles. The van der Waals surface area contributed by atoms with Crippen LogP contribution >= 0.6 is 0 Å². The maximum atomic E-state index is 2.76. The van der Waals surface area contributed by atoms with Gasteiger partial charge in [0.25, 0.3) is 0 Å². The fraction of sp³-hybridized carbons (Fsp3) is 1.00. The number of piperidine rings is 1. The smallest absolute Gasteiger partial charge is 0.000966 e. The molecular formula is C18H35N. The zero-order valence-electron chi connectivity index (χ0n) is 13.7. The quantitative estimate of drug-likeness (QED) is 0.704. The van der Waals surface area contributed by atoms with E-state index in [9.17, 15) is 0 Å². The zero-order chi connectivity index (χ0) is 13.8. The Hall–Kier alpha value is -0.0400. The van der Waals surface area contributed by atoms with Gasteiger partial charge in [-0.3, -0.25) is 0 Å². The highest BCUT2D eigenvalue weighted by molar-refractivity contribution is 4.80. The summed E-state index contributed by atoms with van der Waals surface area (Å²) < 4.78 is 0. The Morgan fingerprint density at radius 3 is 1.68 bits per heavy atom. The molecule has 19 heavy (non-hydrogen) atoms. The van der Waals surface area contributed by atoms with Gasteiger partial charge in [-0.25, -0.2) is 0 Å². The summed E-state index contributed by atoms with van der Waals surface area (Å²) >= 11 is 0. The molecule has 0 aromatic rings. The van der Waals surface area contributed by atoms with Crippen LogP contribution < -0.4 is 0 Å². The zero-order valence-corrected chi connectivity index (χ0v) is 13.7. The topological polar surface area (TPSA) is 3.24 Å². The van der Waals surface area contributed by atoms with E-state index in [-0.39, 0.29) is 0 Å². The number of hydrogen-bond donors (Lipinski definition) is 0. The second kappa shape index (κ2) is 7.11. The molecule has 1 aliphatic carbocycles. The van der Waals surface area contributed by atoms with Crippen LogP contribution in [0, 0.1) is 29.6 Å². The van der Waals surface area contributed by atoms with Crippen LogP contribution in [0.3, 0.4) is 0 Å². The van der Waals surface area contributed by atoms with E-state index in [4.69, 9.17) is 0 Å². The Morgan fingerprint density at radius 1 is 0.737 bits per heavy atom. The first kappa shape index (κ1) is 15.4. The minimum Gasteiger partial charge on any atom is -0.303 e. The van der Waals surface area contributed by atoms with Gasteiger partial charge in [0.15, 0.2) is 0 Å². The lowest BCUT2D eigenvalue weighted by molar-refractivity contribution is 0.116.